The highest BCUT2D eigenvalue weighted by molar-refractivity contribution is 6.03. The summed E-state index contributed by atoms with van der Waals surface area (Å²) >= 11 is 0. The van der Waals surface area contributed by atoms with E-state index in [1.54, 1.807) is 6.07 Å². The Kier molecular flexibility index (Phi) is 4.76. The number of amides is 1. The predicted molar refractivity (Wildman–Crippen MR) is 95.6 cm³/mol. The third kappa shape index (κ3) is 3.54. The molecule has 1 aromatic carbocycles. The first-order valence-corrected chi connectivity index (χ1v) is 8.19. The summed E-state index contributed by atoms with van der Waals surface area (Å²) in [4.78, 5) is 16.9. The van der Waals surface area contributed by atoms with Gasteiger partial charge < -0.3 is 15.1 Å². The smallest absolute Gasteiger partial charge is 0.276 e. The third-order valence-electron chi connectivity index (χ3n) is 4.56. The van der Waals surface area contributed by atoms with Crippen LogP contribution in [0.5, 0.6) is 0 Å². The van der Waals surface area contributed by atoms with E-state index in [1.165, 1.54) is 0 Å². The first-order chi connectivity index (χ1) is 11.5. The van der Waals surface area contributed by atoms with E-state index in [1.807, 2.05) is 38.1 Å². The maximum atomic E-state index is 12.4. The molecule has 0 saturated carbocycles. The summed E-state index contributed by atoms with van der Waals surface area (Å²) in [6.45, 7) is 7.90. The van der Waals surface area contributed by atoms with Crippen molar-refractivity contribution in [2.45, 2.75) is 13.8 Å². The molecule has 2 heterocycles. The largest absolute Gasteiger partial charge is 0.353 e. The fourth-order valence-electron chi connectivity index (χ4n) is 2.72. The Morgan fingerprint density at radius 3 is 2.46 bits per heavy atom. The number of hydrogen-bond acceptors (Lipinski definition) is 5. The number of nitrogens with zero attached hydrogens (tertiary/aromatic N) is 4. The quantitative estimate of drug-likeness (QED) is 0.936. The molecule has 6 nitrogen and oxygen atoms in total. The Balaban J connectivity index is 1.69. The third-order valence-corrected chi connectivity index (χ3v) is 4.56. The molecule has 0 atom stereocenters. The molecule has 0 bridgehead atoms. The molecule has 1 amide bonds. The number of likely N-dealkylation sites (N-methyl/N-ethyl adjacent to an activating group) is 1. The Morgan fingerprint density at radius 1 is 1.04 bits per heavy atom. The molecule has 2 aromatic rings. The average molecular weight is 325 g/mol. The number of aromatic nitrogens is 2. The van der Waals surface area contributed by atoms with Gasteiger partial charge in [-0.3, -0.25) is 4.79 Å². The van der Waals surface area contributed by atoms with Gasteiger partial charge in [-0.25, -0.2) is 0 Å². The first kappa shape index (κ1) is 16.4. The van der Waals surface area contributed by atoms with Gasteiger partial charge in [-0.1, -0.05) is 12.1 Å². The lowest BCUT2D eigenvalue weighted by molar-refractivity contribution is 0.102. The van der Waals surface area contributed by atoms with E-state index in [-0.39, 0.29) is 5.91 Å². The number of anilines is 2. The normalized spacial score (nSPS) is 15.4. The van der Waals surface area contributed by atoms with Crippen molar-refractivity contribution in [3.05, 3.63) is 47.2 Å². The number of carbonyl (C=O) groups is 1. The molecular weight excluding hydrogens is 302 g/mol. The molecule has 3 rings (SSSR count). The molecule has 1 aromatic heterocycles. The molecule has 6 heteroatoms. The van der Waals surface area contributed by atoms with Crippen LogP contribution in [0.4, 0.5) is 11.5 Å². The Labute approximate surface area is 142 Å². The van der Waals surface area contributed by atoms with E-state index in [0.29, 0.717) is 5.69 Å². The van der Waals surface area contributed by atoms with E-state index in [0.717, 1.165) is 48.8 Å². The standard InChI is InChI=1S/C18H23N5O/c1-13-5-4-6-15(14(13)2)19-18(24)16-7-8-17(21-20-16)23-11-9-22(3)10-12-23/h4-8H,9-12H2,1-3H3,(H,19,24). The number of rotatable bonds is 3. The van der Waals surface area contributed by atoms with Crippen molar-refractivity contribution in [1.29, 1.82) is 0 Å². The second-order valence-electron chi connectivity index (χ2n) is 6.27. The van der Waals surface area contributed by atoms with E-state index < -0.39 is 0 Å². The summed E-state index contributed by atoms with van der Waals surface area (Å²) in [5, 5.41) is 11.2. The molecule has 1 saturated heterocycles. The lowest BCUT2D eigenvalue weighted by Gasteiger charge is -2.32. The average Bonchev–Trinajstić information content (AvgIpc) is 2.60. The van der Waals surface area contributed by atoms with Crippen molar-refractivity contribution in [2.75, 3.05) is 43.4 Å². The zero-order valence-electron chi connectivity index (χ0n) is 14.4. The molecule has 1 N–H and O–H groups in total. The minimum atomic E-state index is -0.235. The van der Waals surface area contributed by atoms with E-state index in [4.69, 9.17) is 0 Å². The summed E-state index contributed by atoms with van der Waals surface area (Å²) in [6.07, 6.45) is 0. The van der Waals surface area contributed by atoms with Crippen LogP contribution < -0.4 is 10.2 Å². The van der Waals surface area contributed by atoms with Gasteiger partial charge in [-0.2, -0.15) is 0 Å². The van der Waals surface area contributed by atoms with Gasteiger partial charge >= 0.3 is 0 Å². The molecule has 0 radical (unpaired) electrons. The van der Waals surface area contributed by atoms with Crippen LogP contribution in [0.3, 0.4) is 0 Å². The van der Waals surface area contributed by atoms with Gasteiger partial charge in [0.2, 0.25) is 0 Å². The highest BCUT2D eigenvalue weighted by Gasteiger charge is 2.17. The lowest BCUT2D eigenvalue weighted by atomic mass is 10.1. The zero-order chi connectivity index (χ0) is 17.1. The number of hydrogen-bond donors (Lipinski definition) is 1. The van der Waals surface area contributed by atoms with Crippen LogP contribution in [0, 0.1) is 13.8 Å². The lowest BCUT2D eigenvalue weighted by Crippen LogP contribution is -2.44. The minimum absolute atomic E-state index is 0.235. The van der Waals surface area contributed by atoms with Crippen LogP contribution >= 0.6 is 0 Å². The second kappa shape index (κ2) is 6.97. The van der Waals surface area contributed by atoms with Gasteiger partial charge in [0.05, 0.1) is 0 Å². The maximum Gasteiger partial charge on any atom is 0.276 e. The number of piperazine rings is 1. The summed E-state index contributed by atoms with van der Waals surface area (Å²) in [7, 11) is 2.11. The predicted octanol–water partition coefficient (Wildman–Crippen LogP) is 2.10. The Hall–Kier alpha value is -2.47. The monoisotopic (exact) mass is 325 g/mol. The van der Waals surface area contributed by atoms with Crippen molar-refractivity contribution in [3.8, 4) is 0 Å². The highest BCUT2D eigenvalue weighted by Crippen LogP contribution is 2.19. The summed E-state index contributed by atoms with van der Waals surface area (Å²) < 4.78 is 0. The van der Waals surface area contributed by atoms with Crippen molar-refractivity contribution >= 4 is 17.4 Å². The Morgan fingerprint density at radius 2 is 1.79 bits per heavy atom. The van der Waals surface area contributed by atoms with Crippen LogP contribution in [-0.2, 0) is 0 Å². The minimum Gasteiger partial charge on any atom is -0.353 e. The van der Waals surface area contributed by atoms with Crippen LogP contribution in [0.2, 0.25) is 0 Å². The van der Waals surface area contributed by atoms with Crippen LogP contribution in [-0.4, -0.2) is 54.2 Å². The van der Waals surface area contributed by atoms with E-state index in [2.05, 4.69) is 32.4 Å². The molecule has 0 unspecified atom stereocenters. The molecular formula is C18H23N5O. The van der Waals surface area contributed by atoms with Crippen LogP contribution in [0.25, 0.3) is 0 Å². The molecule has 1 aliphatic rings. The molecule has 126 valence electrons. The van der Waals surface area contributed by atoms with Crippen molar-refractivity contribution in [2.24, 2.45) is 0 Å². The molecule has 24 heavy (non-hydrogen) atoms. The summed E-state index contributed by atoms with van der Waals surface area (Å²) in [5.74, 6) is 0.590. The van der Waals surface area contributed by atoms with E-state index >= 15 is 0 Å². The first-order valence-electron chi connectivity index (χ1n) is 8.19. The number of aryl methyl sites for hydroxylation is 1. The van der Waals surface area contributed by atoms with Gasteiger partial charge in [0.15, 0.2) is 11.5 Å². The fraction of sp³-hybridized carbons (Fsp3) is 0.389. The van der Waals surface area contributed by atoms with Gasteiger partial charge in [0.25, 0.3) is 5.91 Å². The zero-order valence-corrected chi connectivity index (χ0v) is 14.4. The highest BCUT2D eigenvalue weighted by atomic mass is 16.1. The SMILES string of the molecule is Cc1cccc(NC(=O)c2ccc(N3CCN(C)CC3)nn2)c1C. The topological polar surface area (TPSA) is 61.4 Å². The molecule has 1 fully saturated rings. The fourth-order valence-corrected chi connectivity index (χ4v) is 2.72. The maximum absolute atomic E-state index is 12.4. The summed E-state index contributed by atoms with van der Waals surface area (Å²) in [5.41, 5.74) is 3.34. The summed E-state index contributed by atoms with van der Waals surface area (Å²) in [6, 6.07) is 9.46. The van der Waals surface area contributed by atoms with Gasteiger partial charge in [0.1, 0.15) is 0 Å². The van der Waals surface area contributed by atoms with Gasteiger partial charge in [-0.05, 0) is 50.2 Å². The Bertz CT molecular complexity index is 721. The number of nitrogens with one attached hydrogen (secondary N) is 1. The van der Waals surface area contributed by atoms with Crippen molar-refractivity contribution < 1.29 is 4.79 Å². The van der Waals surface area contributed by atoms with Gasteiger partial charge in [-0.15, -0.1) is 10.2 Å². The van der Waals surface area contributed by atoms with Crippen LogP contribution in [0.15, 0.2) is 30.3 Å². The van der Waals surface area contributed by atoms with Gasteiger partial charge in [0, 0.05) is 31.9 Å². The number of benzene rings is 1. The van der Waals surface area contributed by atoms with E-state index in [9.17, 15) is 4.79 Å². The second-order valence-corrected chi connectivity index (χ2v) is 6.27. The van der Waals surface area contributed by atoms with Crippen LogP contribution in [0.1, 0.15) is 21.6 Å². The van der Waals surface area contributed by atoms with Crippen molar-refractivity contribution in [3.63, 3.8) is 0 Å². The molecule has 0 aliphatic carbocycles. The molecule has 0 spiro atoms. The van der Waals surface area contributed by atoms with Crippen molar-refractivity contribution in [1.82, 2.24) is 15.1 Å². The number of carbonyl (C=O) groups excluding carboxylic acids is 1. The molecule has 1 aliphatic heterocycles.